The number of sulfonamides is 1. The monoisotopic (exact) mass is 639 g/mol. The third-order valence-corrected chi connectivity index (χ3v) is 11.8. The number of hydrogen-bond donors (Lipinski definition) is 1. The van der Waals surface area contributed by atoms with E-state index in [1.807, 2.05) is 18.2 Å². The Balaban J connectivity index is 1.11. The van der Waals surface area contributed by atoms with Gasteiger partial charge in [0.05, 0.1) is 29.1 Å². The summed E-state index contributed by atoms with van der Waals surface area (Å²) in [4.78, 5) is 15.8. The topological polar surface area (TPSA) is 79.0 Å². The molecule has 2 fully saturated rings. The van der Waals surface area contributed by atoms with Gasteiger partial charge in [-0.3, -0.25) is 9.69 Å². The molecule has 2 bridgehead atoms. The van der Waals surface area contributed by atoms with Gasteiger partial charge < -0.3 is 10.1 Å². The minimum absolute atomic E-state index is 0.0507. The molecule has 0 aromatic heterocycles. The number of amides is 1. The van der Waals surface area contributed by atoms with E-state index in [1.54, 1.807) is 12.1 Å². The number of fused-ring (bicyclic) bond motifs is 4. The summed E-state index contributed by atoms with van der Waals surface area (Å²) in [5.74, 6) is 0.420. The number of nitrogens with zero attached hydrogens (tertiary/aromatic N) is 2. The van der Waals surface area contributed by atoms with E-state index < -0.39 is 32.7 Å². The van der Waals surface area contributed by atoms with Crippen LogP contribution in [0.2, 0.25) is 0 Å². The first-order chi connectivity index (χ1) is 21.6. The van der Waals surface area contributed by atoms with Crippen LogP contribution in [0.25, 0.3) is 0 Å². The highest BCUT2D eigenvalue weighted by molar-refractivity contribution is 7.89. The summed E-state index contributed by atoms with van der Waals surface area (Å²) in [6.45, 7) is 1.38. The molecule has 238 valence electrons. The van der Waals surface area contributed by atoms with Crippen molar-refractivity contribution in [2.45, 2.75) is 86.7 Å². The third kappa shape index (κ3) is 5.86. The number of halogens is 3. The number of alkyl halides is 3. The molecule has 7 nitrogen and oxygen atoms in total. The van der Waals surface area contributed by atoms with Crippen LogP contribution in [-0.4, -0.2) is 48.8 Å². The zero-order chi connectivity index (χ0) is 31.3. The maximum absolute atomic E-state index is 13.8. The molecule has 45 heavy (non-hydrogen) atoms. The van der Waals surface area contributed by atoms with Crippen molar-refractivity contribution < 1.29 is 31.1 Å². The molecule has 3 aromatic carbocycles. The van der Waals surface area contributed by atoms with Gasteiger partial charge in [0.25, 0.3) is 0 Å². The van der Waals surface area contributed by atoms with Crippen molar-refractivity contribution in [2.24, 2.45) is 0 Å². The van der Waals surface area contributed by atoms with Gasteiger partial charge in [0.2, 0.25) is 15.9 Å². The third-order valence-electron chi connectivity index (χ3n) is 9.93. The van der Waals surface area contributed by atoms with Crippen molar-refractivity contribution in [3.05, 3.63) is 94.5 Å². The van der Waals surface area contributed by atoms with Gasteiger partial charge >= 0.3 is 6.18 Å². The van der Waals surface area contributed by atoms with Crippen molar-refractivity contribution in [3.8, 4) is 5.75 Å². The van der Waals surface area contributed by atoms with Crippen LogP contribution in [0.15, 0.2) is 71.6 Å². The van der Waals surface area contributed by atoms with Crippen LogP contribution in [0.1, 0.15) is 78.4 Å². The summed E-state index contributed by atoms with van der Waals surface area (Å²) in [5.41, 5.74) is 2.64. The number of carbonyl (C=O) groups excluding carboxylic acids is 1. The minimum atomic E-state index is -4.69. The smallest absolute Gasteiger partial charge is 0.416 e. The van der Waals surface area contributed by atoms with Crippen LogP contribution in [-0.2, 0) is 34.0 Å². The Hall–Kier alpha value is -3.41. The van der Waals surface area contributed by atoms with E-state index in [4.69, 9.17) is 4.74 Å². The molecule has 0 spiro atoms. The van der Waals surface area contributed by atoms with Gasteiger partial charge in [-0.15, -0.1) is 0 Å². The number of carbonyl (C=O) groups is 1. The van der Waals surface area contributed by atoms with Gasteiger partial charge in [0.1, 0.15) is 5.75 Å². The first kappa shape index (κ1) is 30.3. The summed E-state index contributed by atoms with van der Waals surface area (Å²) in [5, 5.41) is 3.11. The van der Waals surface area contributed by atoms with Crippen LogP contribution in [0, 0.1) is 0 Å². The van der Waals surface area contributed by atoms with Crippen LogP contribution in [0.4, 0.5) is 13.2 Å². The molecule has 2 saturated heterocycles. The Morgan fingerprint density at radius 3 is 2.42 bits per heavy atom. The zero-order valence-electron chi connectivity index (χ0n) is 24.8. The van der Waals surface area contributed by atoms with Crippen LogP contribution < -0.4 is 10.1 Å². The molecular formula is C34H36F3N3O4S. The number of hydrogen-bond acceptors (Lipinski definition) is 5. The quantitative estimate of drug-likeness (QED) is 0.336. The van der Waals surface area contributed by atoms with E-state index in [0.717, 1.165) is 35.6 Å². The maximum Gasteiger partial charge on any atom is 0.416 e. The van der Waals surface area contributed by atoms with Crippen LogP contribution >= 0.6 is 0 Å². The largest absolute Gasteiger partial charge is 0.493 e. The highest BCUT2D eigenvalue weighted by Gasteiger charge is 2.41. The number of ether oxygens (including phenoxy) is 1. The molecule has 0 aliphatic carbocycles. The van der Waals surface area contributed by atoms with Crippen molar-refractivity contribution in [3.63, 3.8) is 0 Å². The minimum Gasteiger partial charge on any atom is -0.493 e. The lowest BCUT2D eigenvalue weighted by atomic mass is 9.92. The van der Waals surface area contributed by atoms with Crippen molar-refractivity contribution in [1.82, 2.24) is 14.5 Å². The molecule has 1 unspecified atom stereocenters. The average molecular weight is 640 g/mol. The van der Waals surface area contributed by atoms with E-state index in [-0.39, 0.29) is 24.9 Å². The standard InChI is InChI=1S/C34H36F3N3O4S/c35-34(36,37)24-5-3-6-27(19-24)45(42,43)40-16-14-23-4-1-2-7-28(23)31(40)20-33(41)38-30-15-17-44-32-18-22(8-13-29(30)32)21-39-25-9-10-26(39)12-11-25/h1-8,13,18-19,25-26,30-31H,9-12,14-17,20-21H2,(H,38,41)/t25?,26?,30-,31?/m1/s1. The van der Waals surface area contributed by atoms with Crippen molar-refractivity contribution in [2.75, 3.05) is 13.2 Å². The van der Waals surface area contributed by atoms with Gasteiger partial charge in [-0.25, -0.2) is 8.42 Å². The number of rotatable bonds is 7. The second kappa shape index (κ2) is 11.7. The average Bonchev–Trinajstić information content (AvgIpc) is 3.59. The van der Waals surface area contributed by atoms with Gasteiger partial charge in [-0.2, -0.15) is 17.5 Å². The SMILES string of the molecule is O=C(CC1c2ccccc2CCN1S(=O)(=O)c1cccc(C(F)(F)F)c1)N[C@@H]1CCOc2cc(CN3C4CCC3CC4)ccc21. The van der Waals surface area contributed by atoms with Gasteiger partial charge in [0, 0.05) is 43.6 Å². The Morgan fingerprint density at radius 1 is 0.911 bits per heavy atom. The Bertz CT molecular complexity index is 1690. The first-order valence-corrected chi connectivity index (χ1v) is 17.1. The van der Waals surface area contributed by atoms with E-state index in [0.29, 0.717) is 43.2 Å². The number of nitrogens with one attached hydrogen (secondary N) is 1. The fourth-order valence-corrected chi connectivity index (χ4v) is 9.35. The van der Waals surface area contributed by atoms with E-state index in [9.17, 15) is 26.4 Å². The Labute approximate surface area is 261 Å². The van der Waals surface area contributed by atoms with E-state index in [2.05, 4.69) is 22.3 Å². The molecule has 0 saturated carbocycles. The molecular weight excluding hydrogens is 603 g/mol. The van der Waals surface area contributed by atoms with Crippen molar-refractivity contribution >= 4 is 15.9 Å². The lowest BCUT2D eigenvalue weighted by Crippen LogP contribution is -2.43. The molecule has 3 aromatic rings. The van der Waals surface area contributed by atoms with Crippen molar-refractivity contribution in [1.29, 1.82) is 0 Å². The maximum atomic E-state index is 13.8. The molecule has 7 rings (SSSR count). The fraction of sp³-hybridized carbons (Fsp3) is 0.441. The molecule has 4 aliphatic heterocycles. The molecule has 1 N–H and O–H groups in total. The Morgan fingerprint density at radius 2 is 1.67 bits per heavy atom. The zero-order valence-corrected chi connectivity index (χ0v) is 25.6. The summed E-state index contributed by atoms with van der Waals surface area (Å²) < 4.78 is 75.2. The van der Waals surface area contributed by atoms with Crippen LogP contribution in [0.5, 0.6) is 5.75 Å². The van der Waals surface area contributed by atoms with E-state index in [1.165, 1.54) is 41.6 Å². The number of benzene rings is 3. The molecule has 1 amide bonds. The molecule has 2 atom stereocenters. The summed E-state index contributed by atoms with van der Waals surface area (Å²) >= 11 is 0. The first-order valence-electron chi connectivity index (χ1n) is 15.7. The lowest BCUT2D eigenvalue weighted by Gasteiger charge is -2.36. The normalized spacial score (nSPS) is 25.0. The molecule has 11 heteroatoms. The highest BCUT2D eigenvalue weighted by atomic mass is 32.2. The summed E-state index contributed by atoms with van der Waals surface area (Å²) in [7, 11) is -4.35. The van der Waals surface area contributed by atoms with Crippen LogP contribution in [0.3, 0.4) is 0 Å². The van der Waals surface area contributed by atoms with Gasteiger partial charge in [0.15, 0.2) is 0 Å². The van der Waals surface area contributed by atoms with E-state index >= 15 is 0 Å². The second-order valence-corrected chi connectivity index (χ2v) is 14.5. The predicted molar refractivity (Wildman–Crippen MR) is 162 cm³/mol. The molecule has 4 heterocycles. The summed E-state index contributed by atoms with van der Waals surface area (Å²) in [6, 6.07) is 17.5. The Kier molecular flexibility index (Phi) is 7.90. The fourth-order valence-electron chi connectivity index (χ4n) is 7.70. The predicted octanol–water partition coefficient (Wildman–Crippen LogP) is 6.15. The molecule has 0 radical (unpaired) electrons. The second-order valence-electron chi connectivity index (χ2n) is 12.6. The summed E-state index contributed by atoms with van der Waals surface area (Å²) in [6.07, 6.45) is 1.18. The van der Waals surface area contributed by atoms with Gasteiger partial charge in [-0.1, -0.05) is 42.5 Å². The lowest BCUT2D eigenvalue weighted by molar-refractivity contribution is -0.137. The molecule has 4 aliphatic rings. The highest BCUT2D eigenvalue weighted by Crippen LogP contribution is 2.41. The van der Waals surface area contributed by atoms with Gasteiger partial charge in [-0.05, 0) is 73.1 Å².